The van der Waals surface area contributed by atoms with Crippen molar-refractivity contribution in [3.63, 3.8) is 0 Å². The smallest absolute Gasteiger partial charge is 0.0557 e. The first-order valence-electron chi connectivity index (χ1n) is 10.1. The number of thioether (sulfide) groups is 2. The summed E-state index contributed by atoms with van der Waals surface area (Å²) in [7, 11) is 0. The fourth-order valence-corrected chi connectivity index (χ4v) is 4.73. The predicted octanol–water partition coefficient (Wildman–Crippen LogP) is 6.92. The van der Waals surface area contributed by atoms with Crippen molar-refractivity contribution in [3.8, 4) is 0 Å². The summed E-state index contributed by atoms with van der Waals surface area (Å²) in [6.45, 7) is 2.62. The van der Waals surface area contributed by atoms with Crippen LogP contribution >= 0.6 is 23.5 Å². The highest BCUT2D eigenvalue weighted by molar-refractivity contribution is 8.03. The van der Waals surface area contributed by atoms with E-state index in [0.29, 0.717) is 11.9 Å². The molecular weight excluding hydrogens is 320 g/mol. The van der Waals surface area contributed by atoms with Gasteiger partial charge in [-0.15, -0.1) is 0 Å². The van der Waals surface area contributed by atoms with Crippen LogP contribution in [-0.2, 0) is 0 Å². The van der Waals surface area contributed by atoms with Gasteiger partial charge in [0.05, 0.1) is 6.61 Å². The molecule has 0 fully saturated rings. The molecule has 0 aliphatic carbocycles. The highest BCUT2D eigenvalue weighted by Gasteiger charge is 2.04. The number of aliphatic hydroxyl groups is 1. The van der Waals surface area contributed by atoms with Gasteiger partial charge >= 0.3 is 0 Å². The molecule has 1 atom stereocenters. The standard InChI is InChI=1S/C20H42OS2/c1-3-4-5-6-7-8-9-10-11-12-13-14-15-16-17-23-19-20(18-21)22-2/h20-21H,3-19H2,1-2H3. The van der Waals surface area contributed by atoms with E-state index in [1.54, 1.807) is 11.8 Å². The third-order valence-electron chi connectivity index (χ3n) is 4.48. The Hall–Kier alpha value is 0.660. The van der Waals surface area contributed by atoms with Gasteiger partial charge in [-0.2, -0.15) is 23.5 Å². The molecule has 3 heteroatoms. The maximum Gasteiger partial charge on any atom is 0.0557 e. The van der Waals surface area contributed by atoms with Crippen LogP contribution in [0.15, 0.2) is 0 Å². The van der Waals surface area contributed by atoms with Gasteiger partial charge in [0, 0.05) is 11.0 Å². The molecular formula is C20H42OS2. The Bertz CT molecular complexity index is 208. The molecule has 140 valence electrons. The van der Waals surface area contributed by atoms with Crippen molar-refractivity contribution in [1.29, 1.82) is 0 Å². The van der Waals surface area contributed by atoms with E-state index in [1.807, 2.05) is 11.8 Å². The van der Waals surface area contributed by atoms with Crippen LogP contribution in [0.1, 0.15) is 96.8 Å². The summed E-state index contributed by atoms with van der Waals surface area (Å²) < 4.78 is 0. The molecule has 0 bridgehead atoms. The fourth-order valence-electron chi connectivity index (χ4n) is 2.81. The lowest BCUT2D eigenvalue weighted by Gasteiger charge is -2.10. The van der Waals surface area contributed by atoms with Crippen molar-refractivity contribution in [2.45, 2.75) is 102 Å². The van der Waals surface area contributed by atoms with E-state index in [-0.39, 0.29) is 0 Å². The Morgan fingerprint density at radius 3 is 1.52 bits per heavy atom. The van der Waals surface area contributed by atoms with Crippen LogP contribution in [0.25, 0.3) is 0 Å². The third kappa shape index (κ3) is 18.8. The molecule has 0 radical (unpaired) electrons. The number of hydrogen-bond donors (Lipinski definition) is 1. The summed E-state index contributed by atoms with van der Waals surface area (Å²) in [5, 5.41) is 9.55. The summed E-state index contributed by atoms with van der Waals surface area (Å²) in [5.41, 5.74) is 0. The average Bonchev–Trinajstić information content (AvgIpc) is 2.58. The highest BCUT2D eigenvalue weighted by Crippen LogP contribution is 2.16. The molecule has 0 aliphatic heterocycles. The lowest BCUT2D eigenvalue weighted by Crippen LogP contribution is -2.11. The second kappa shape index (κ2) is 20.7. The summed E-state index contributed by atoms with van der Waals surface area (Å²) in [6.07, 6.45) is 22.2. The zero-order valence-corrected chi connectivity index (χ0v) is 17.5. The van der Waals surface area contributed by atoms with Crippen LogP contribution < -0.4 is 0 Å². The zero-order chi connectivity index (χ0) is 17.0. The first-order chi connectivity index (χ1) is 11.3. The lowest BCUT2D eigenvalue weighted by atomic mass is 10.0. The van der Waals surface area contributed by atoms with Crippen molar-refractivity contribution in [1.82, 2.24) is 0 Å². The van der Waals surface area contributed by atoms with Gasteiger partial charge in [0.1, 0.15) is 0 Å². The molecule has 0 saturated heterocycles. The second-order valence-corrected chi connectivity index (χ2v) is 9.00. The van der Waals surface area contributed by atoms with Crippen molar-refractivity contribution < 1.29 is 5.11 Å². The van der Waals surface area contributed by atoms with Gasteiger partial charge in [-0.25, -0.2) is 0 Å². The fraction of sp³-hybridized carbons (Fsp3) is 1.00. The first kappa shape index (κ1) is 23.7. The number of hydrogen-bond acceptors (Lipinski definition) is 3. The summed E-state index contributed by atoms with van der Waals surface area (Å²) in [4.78, 5) is 0. The van der Waals surface area contributed by atoms with Crippen molar-refractivity contribution in [2.75, 3.05) is 24.4 Å². The summed E-state index contributed by atoms with van der Waals surface area (Å²) >= 11 is 3.80. The van der Waals surface area contributed by atoms with Crippen LogP contribution in [0.3, 0.4) is 0 Å². The molecule has 0 aromatic carbocycles. The van der Waals surface area contributed by atoms with Gasteiger partial charge in [-0.1, -0.05) is 90.4 Å². The van der Waals surface area contributed by atoms with Crippen LogP contribution in [-0.4, -0.2) is 34.7 Å². The zero-order valence-electron chi connectivity index (χ0n) is 15.9. The maximum absolute atomic E-state index is 9.12. The molecule has 1 N–H and O–H groups in total. The van der Waals surface area contributed by atoms with Gasteiger partial charge in [-0.3, -0.25) is 0 Å². The predicted molar refractivity (Wildman–Crippen MR) is 112 cm³/mol. The van der Waals surface area contributed by atoms with E-state index in [9.17, 15) is 0 Å². The third-order valence-corrected chi connectivity index (χ3v) is 6.89. The topological polar surface area (TPSA) is 20.2 Å². The molecule has 0 aliphatic rings. The van der Waals surface area contributed by atoms with E-state index in [1.165, 1.54) is 95.6 Å². The van der Waals surface area contributed by atoms with Crippen molar-refractivity contribution >= 4 is 23.5 Å². The minimum atomic E-state index is 0.326. The Kier molecular flexibility index (Phi) is 21.3. The van der Waals surface area contributed by atoms with Crippen LogP contribution in [0, 0.1) is 0 Å². The molecule has 23 heavy (non-hydrogen) atoms. The van der Waals surface area contributed by atoms with Gasteiger partial charge < -0.3 is 5.11 Å². The van der Waals surface area contributed by atoms with Gasteiger partial charge in [0.15, 0.2) is 0 Å². The summed E-state index contributed by atoms with van der Waals surface area (Å²) in [6, 6.07) is 0. The quantitative estimate of drug-likeness (QED) is 0.252. The Balaban J connectivity index is 3.02. The number of aliphatic hydroxyl groups excluding tert-OH is 1. The minimum Gasteiger partial charge on any atom is -0.395 e. The van der Waals surface area contributed by atoms with E-state index >= 15 is 0 Å². The maximum atomic E-state index is 9.12. The van der Waals surface area contributed by atoms with Crippen LogP contribution in [0.2, 0.25) is 0 Å². The second-order valence-electron chi connectivity index (χ2n) is 6.71. The van der Waals surface area contributed by atoms with Gasteiger partial charge in [0.2, 0.25) is 0 Å². The lowest BCUT2D eigenvalue weighted by molar-refractivity contribution is 0.301. The molecule has 0 aromatic heterocycles. The Labute approximate surface area is 155 Å². The number of rotatable bonds is 19. The number of unbranched alkanes of at least 4 members (excludes halogenated alkanes) is 13. The van der Waals surface area contributed by atoms with E-state index in [4.69, 9.17) is 5.11 Å². The van der Waals surface area contributed by atoms with E-state index < -0.39 is 0 Å². The van der Waals surface area contributed by atoms with Crippen molar-refractivity contribution in [3.05, 3.63) is 0 Å². The molecule has 0 rings (SSSR count). The molecule has 0 amide bonds. The molecule has 1 nitrogen and oxygen atoms in total. The minimum absolute atomic E-state index is 0.326. The van der Waals surface area contributed by atoms with E-state index in [2.05, 4.69) is 13.2 Å². The molecule has 0 spiro atoms. The molecule has 0 heterocycles. The van der Waals surface area contributed by atoms with Gasteiger partial charge in [0.25, 0.3) is 0 Å². The normalized spacial score (nSPS) is 12.7. The van der Waals surface area contributed by atoms with Crippen molar-refractivity contribution in [2.24, 2.45) is 0 Å². The SMILES string of the molecule is CCCCCCCCCCCCCCCCSCC(CO)SC. The van der Waals surface area contributed by atoms with Crippen LogP contribution in [0.4, 0.5) is 0 Å². The average molecular weight is 363 g/mol. The summed E-state index contributed by atoms with van der Waals surface area (Å²) in [5.74, 6) is 2.38. The van der Waals surface area contributed by atoms with Crippen LogP contribution in [0.5, 0.6) is 0 Å². The monoisotopic (exact) mass is 362 g/mol. The highest BCUT2D eigenvalue weighted by atomic mass is 32.2. The molecule has 0 saturated carbocycles. The largest absolute Gasteiger partial charge is 0.395 e. The molecule has 0 aromatic rings. The Morgan fingerprint density at radius 2 is 1.13 bits per heavy atom. The van der Waals surface area contributed by atoms with E-state index in [0.717, 1.165) is 5.75 Å². The van der Waals surface area contributed by atoms with Gasteiger partial charge in [-0.05, 0) is 18.4 Å². The molecule has 1 unspecified atom stereocenters. The Morgan fingerprint density at radius 1 is 0.696 bits per heavy atom. The first-order valence-corrected chi connectivity index (χ1v) is 12.5.